The molecule has 0 saturated heterocycles. The minimum absolute atomic E-state index is 0.545. The number of rotatable bonds is 3. The summed E-state index contributed by atoms with van der Waals surface area (Å²) in [6.45, 7) is 7.00. The molecule has 0 radical (unpaired) electrons. The van der Waals surface area contributed by atoms with Crippen LogP contribution in [0.3, 0.4) is 0 Å². The number of aromatic nitrogens is 1. The van der Waals surface area contributed by atoms with Crippen molar-refractivity contribution < 1.29 is 0 Å². The van der Waals surface area contributed by atoms with E-state index in [2.05, 4.69) is 30.2 Å². The lowest BCUT2D eigenvalue weighted by Gasteiger charge is -2.09. The number of anilines is 1. The van der Waals surface area contributed by atoms with Crippen molar-refractivity contribution in [3.63, 3.8) is 0 Å². The molecule has 1 aromatic heterocycles. The molecule has 0 aliphatic carbocycles. The molecule has 0 bridgehead atoms. The van der Waals surface area contributed by atoms with Gasteiger partial charge in [-0.25, -0.2) is 4.98 Å². The van der Waals surface area contributed by atoms with Crippen LogP contribution < -0.4 is 5.32 Å². The van der Waals surface area contributed by atoms with E-state index in [0.717, 1.165) is 12.2 Å². The van der Waals surface area contributed by atoms with Crippen LogP contribution in [0, 0.1) is 24.2 Å². The maximum Gasteiger partial charge on any atom is 0.144 e. The van der Waals surface area contributed by atoms with Crippen molar-refractivity contribution in [1.82, 2.24) is 4.98 Å². The zero-order valence-electron chi connectivity index (χ0n) is 8.83. The molecule has 0 amide bonds. The van der Waals surface area contributed by atoms with E-state index in [1.165, 1.54) is 0 Å². The Bertz CT molecular complexity index is 350. The van der Waals surface area contributed by atoms with Gasteiger partial charge in [-0.1, -0.05) is 13.8 Å². The fourth-order valence-corrected chi connectivity index (χ4v) is 1.08. The molecule has 0 aromatic carbocycles. The van der Waals surface area contributed by atoms with Gasteiger partial charge in [-0.3, -0.25) is 0 Å². The van der Waals surface area contributed by atoms with E-state index in [4.69, 9.17) is 5.26 Å². The largest absolute Gasteiger partial charge is 0.369 e. The summed E-state index contributed by atoms with van der Waals surface area (Å²) in [4.78, 5) is 4.28. The van der Waals surface area contributed by atoms with Gasteiger partial charge in [0, 0.05) is 12.2 Å². The molecule has 1 N–H and O–H groups in total. The molecular weight excluding hydrogens is 174 g/mol. The van der Waals surface area contributed by atoms with Crippen LogP contribution >= 0.6 is 0 Å². The molecule has 0 saturated carbocycles. The van der Waals surface area contributed by atoms with Gasteiger partial charge in [-0.2, -0.15) is 5.26 Å². The van der Waals surface area contributed by atoms with Gasteiger partial charge in [0.25, 0.3) is 0 Å². The normalized spacial score (nSPS) is 9.93. The molecule has 0 aliphatic heterocycles. The monoisotopic (exact) mass is 189 g/mol. The number of nitriles is 1. The van der Waals surface area contributed by atoms with Crippen LogP contribution in [0.15, 0.2) is 12.1 Å². The first-order chi connectivity index (χ1) is 6.63. The second-order valence-corrected chi connectivity index (χ2v) is 3.74. The van der Waals surface area contributed by atoms with Crippen molar-refractivity contribution >= 4 is 5.82 Å². The molecule has 1 heterocycles. The van der Waals surface area contributed by atoms with Gasteiger partial charge < -0.3 is 5.32 Å². The number of aryl methyl sites for hydroxylation is 1. The van der Waals surface area contributed by atoms with Gasteiger partial charge in [0.1, 0.15) is 11.9 Å². The van der Waals surface area contributed by atoms with E-state index >= 15 is 0 Å². The molecule has 3 heteroatoms. The van der Waals surface area contributed by atoms with E-state index < -0.39 is 0 Å². The maximum atomic E-state index is 8.84. The van der Waals surface area contributed by atoms with Crippen LogP contribution in [0.2, 0.25) is 0 Å². The first-order valence-corrected chi connectivity index (χ1v) is 4.75. The molecule has 0 atom stereocenters. The molecule has 0 spiro atoms. The molecule has 1 rings (SSSR count). The van der Waals surface area contributed by atoms with Crippen molar-refractivity contribution in [2.24, 2.45) is 5.92 Å². The summed E-state index contributed by atoms with van der Waals surface area (Å²) in [6, 6.07) is 5.76. The van der Waals surface area contributed by atoms with Crippen molar-refractivity contribution in [3.05, 3.63) is 23.4 Å². The van der Waals surface area contributed by atoms with E-state index in [0.29, 0.717) is 17.3 Å². The van der Waals surface area contributed by atoms with Crippen LogP contribution in [0.4, 0.5) is 5.82 Å². The number of hydrogen-bond acceptors (Lipinski definition) is 3. The Morgan fingerprint density at radius 3 is 2.79 bits per heavy atom. The summed E-state index contributed by atoms with van der Waals surface area (Å²) in [5, 5.41) is 12.0. The van der Waals surface area contributed by atoms with Gasteiger partial charge in [0.15, 0.2) is 0 Å². The minimum Gasteiger partial charge on any atom is -0.369 e. The Labute approximate surface area is 84.8 Å². The van der Waals surface area contributed by atoms with Crippen molar-refractivity contribution in [2.75, 3.05) is 11.9 Å². The molecule has 14 heavy (non-hydrogen) atoms. The summed E-state index contributed by atoms with van der Waals surface area (Å²) in [6.07, 6.45) is 0. The zero-order valence-corrected chi connectivity index (χ0v) is 8.83. The second-order valence-electron chi connectivity index (χ2n) is 3.74. The number of nitrogens with one attached hydrogen (secondary N) is 1. The second kappa shape index (κ2) is 4.61. The third kappa shape index (κ3) is 2.74. The summed E-state index contributed by atoms with van der Waals surface area (Å²) in [5.41, 5.74) is 1.53. The lowest BCUT2D eigenvalue weighted by molar-refractivity contribution is 0.686. The zero-order chi connectivity index (χ0) is 10.6. The Kier molecular flexibility index (Phi) is 3.47. The Hall–Kier alpha value is -1.56. The summed E-state index contributed by atoms with van der Waals surface area (Å²) >= 11 is 0. The molecule has 74 valence electrons. The first-order valence-electron chi connectivity index (χ1n) is 4.75. The van der Waals surface area contributed by atoms with Gasteiger partial charge in [-0.15, -0.1) is 0 Å². The van der Waals surface area contributed by atoms with Crippen LogP contribution in [0.5, 0.6) is 0 Å². The molecule has 1 aromatic rings. The molecule has 3 nitrogen and oxygen atoms in total. The standard InChI is InChI=1S/C11H15N3/c1-8(2)7-13-11-10(6-12)5-4-9(3)14-11/h4-5,8H,7H2,1-3H3,(H,13,14). The molecule has 0 aliphatic rings. The average molecular weight is 189 g/mol. The lowest BCUT2D eigenvalue weighted by atomic mass is 10.2. The number of nitrogens with zero attached hydrogens (tertiary/aromatic N) is 2. The quantitative estimate of drug-likeness (QED) is 0.793. The van der Waals surface area contributed by atoms with Crippen molar-refractivity contribution in [1.29, 1.82) is 5.26 Å². The highest BCUT2D eigenvalue weighted by atomic mass is 15.0. The third-order valence-electron chi connectivity index (χ3n) is 1.83. The van der Waals surface area contributed by atoms with E-state index in [-0.39, 0.29) is 0 Å². The fraction of sp³-hybridized carbons (Fsp3) is 0.455. The molecular formula is C11H15N3. The minimum atomic E-state index is 0.545. The van der Waals surface area contributed by atoms with E-state index in [9.17, 15) is 0 Å². The Balaban J connectivity index is 2.84. The fourth-order valence-electron chi connectivity index (χ4n) is 1.08. The van der Waals surface area contributed by atoms with Gasteiger partial charge in [0.05, 0.1) is 5.56 Å². The van der Waals surface area contributed by atoms with Crippen LogP contribution in [0.1, 0.15) is 25.1 Å². The molecule has 0 fully saturated rings. The Morgan fingerprint density at radius 2 is 2.21 bits per heavy atom. The highest BCUT2D eigenvalue weighted by Crippen LogP contribution is 2.12. The summed E-state index contributed by atoms with van der Waals surface area (Å²) in [5.74, 6) is 1.24. The van der Waals surface area contributed by atoms with Gasteiger partial charge in [0.2, 0.25) is 0 Å². The number of pyridine rings is 1. The predicted molar refractivity (Wildman–Crippen MR) is 57.0 cm³/mol. The smallest absolute Gasteiger partial charge is 0.144 e. The predicted octanol–water partition coefficient (Wildman–Crippen LogP) is 2.33. The van der Waals surface area contributed by atoms with Crippen LogP contribution in [-0.4, -0.2) is 11.5 Å². The summed E-state index contributed by atoms with van der Waals surface area (Å²) < 4.78 is 0. The SMILES string of the molecule is Cc1ccc(C#N)c(NCC(C)C)n1. The van der Waals surface area contributed by atoms with Crippen molar-refractivity contribution in [3.8, 4) is 6.07 Å². The number of hydrogen-bond donors (Lipinski definition) is 1. The lowest BCUT2D eigenvalue weighted by Crippen LogP contribution is -2.10. The van der Waals surface area contributed by atoms with Crippen LogP contribution in [-0.2, 0) is 0 Å². The van der Waals surface area contributed by atoms with Gasteiger partial charge >= 0.3 is 0 Å². The highest BCUT2D eigenvalue weighted by Gasteiger charge is 2.03. The van der Waals surface area contributed by atoms with Crippen molar-refractivity contribution in [2.45, 2.75) is 20.8 Å². The highest BCUT2D eigenvalue weighted by molar-refractivity contribution is 5.52. The first kappa shape index (κ1) is 10.5. The Morgan fingerprint density at radius 1 is 1.50 bits per heavy atom. The van der Waals surface area contributed by atoms with E-state index in [1.54, 1.807) is 6.07 Å². The third-order valence-corrected chi connectivity index (χ3v) is 1.83. The van der Waals surface area contributed by atoms with Crippen LogP contribution in [0.25, 0.3) is 0 Å². The summed E-state index contributed by atoms with van der Waals surface area (Å²) in [7, 11) is 0. The average Bonchev–Trinajstić information content (AvgIpc) is 2.15. The topological polar surface area (TPSA) is 48.7 Å². The van der Waals surface area contributed by atoms with E-state index in [1.807, 2.05) is 13.0 Å². The van der Waals surface area contributed by atoms with Gasteiger partial charge in [-0.05, 0) is 25.0 Å². The maximum absolute atomic E-state index is 8.84. The molecule has 0 unspecified atom stereocenters.